The molecule has 0 saturated carbocycles. The first-order valence-electron chi connectivity index (χ1n) is 5.72. The highest BCUT2D eigenvalue weighted by molar-refractivity contribution is 9.10. The number of nitrogen functional groups attached to an aromatic ring is 1. The SMILES string of the molecule is Nc1ccc(N2C(=O)c3ccc(Br)cc3C2=O)cc1Br. The fraction of sp³-hybridized carbons (Fsp3) is 0. The zero-order chi connectivity index (χ0) is 14.4. The van der Waals surface area contributed by atoms with Crippen LogP contribution < -0.4 is 10.6 Å². The Balaban J connectivity index is 2.11. The van der Waals surface area contributed by atoms with Crippen molar-refractivity contribution in [3.05, 3.63) is 56.5 Å². The van der Waals surface area contributed by atoms with E-state index in [1.807, 2.05) is 0 Å². The minimum atomic E-state index is -0.331. The molecule has 0 aromatic heterocycles. The molecule has 6 heteroatoms. The van der Waals surface area contributed by atoms with Crippen LogP contribution in [0.15, 0.2) is 45.3 Å². The third-order valence-corrected chi connectivity index (χ3v) is 4.27. The first-order chi connectivity index (χ1) is 9.49. The molecule has 0 atom stereocenters. The van der Waals surface area contributed by atoms with Crippen molar-refractivity contribution < 1.29 is 9.59 Å². The van der Waals surface area contributed by atoms with E-state index in [2.05, 4.69) is 31.9 Å². The van der Waals surface area contributed by atoms with E-state index < -0.39 is 0 Å². The highest BCUT2D eigenvalue weighted by Gasteiger charge is 2.36. The van der Waals surface area contributed by atoms with E-state index >= 15 is 0 Å². The first kappa shape index (κ1) is 13.3. The van der Waals surface area contributed by atoms with Gasteiger partial charge in [-0.2, -0.15) is 0 Å². The van der Waals surface area contributed by atoms with E-state index in [0.717, 1.165) is 9.37 Å². The van der Waals surface area contributed by atoms with Crippen LogP contribution >= 0.6 is 31.9 Å². The van der Waals surface area contributed by atoms with E-state index in [9.17, 15) is 9.59 Å². The molecule has 2 amide bonds. The lowest BCUT2D eigenvalue weighted by atomic mass is 10.1. The third-order valence-electron chi connectivity index (χ3n) is 3.09. The number of nitrogens with two attached hydrogens (primary N) is 1. The second kappa shape index (κ2) is 4.71. The maximum absolute atomic E-state index is 12.4. The van der Waals surface area contributed by atoms with Gasteiger partial charge in [-0.25, -0.2) is 4.90 Å². The van der Waals surface area contributed by atoms with Gasteiger partial charge in [0.2, 0.25) is 0 Å². The van der Waals surface area contributed by atoms with Crippen LogP contribution in [-0.4, -0.2) is 11.8 Å². The number of benzene rings is 2. The van der Waals surface area contributed by atoms with Crippen molar-refractivity contribution in [1.29, 1.82) is 0 Å². The molecule has 0 saturated heterocycles. The Bertz CT molecular complexity index is 759. The Morgan fingerprint density at radius 2 is 1.60 bits per heavy atom. The van der Waals surface area contributed by atoms with Gasteiger partial charge in [0.25, 0.3) is 11.8 Å². The molecule has 0 aliphatic carbocycles. The number of anilines is 2. The zero-order valence-corrected chi connectivity index (χ0v) is 13.2. The number of fused-ring (bicyclic) bond motifs is 1. The summed E-state index contributed by atoms with van der Waals surface area (Å²) in [6.07, 6.45) is 0. The minimum Gasteiger partial charge on any atom is -0.398 e. The summed E-state index contributed by atoms with van der Waals surface area (Å²) in [5, 5.41) is 0. The summed E-state index contributed by atoms with van der Waals surface area (Å²) in [6, 6.07) is 10.0. The van der Waals surface area contributed by atoms with Gasteiger partial charge in [-0.15, -0.1) is 0 Å². The number of rotatable bonds is 1. The molecule has 1 aliphatic rings. The average Bonchev–Trinajstić information content (AvgIpc) is 2.65. The minimum absolute atomic E-state index is 0.325. The first-order valence-corrected chi connectivity index (χ1v) is 7.31. The lowest BCUT2D eigenvalue weighted by Crippen LogP contribution is -2.29. The van der Waals surface area contributed by atoms with Crippen LogP contribution in [0.3, 0.4) is 0 Å². The summed E-state index contributed by atoms with van der Waals surface area (Å²) in [4.78, 5) is 25.9. The van der Waals surface area contributed by atoms with Crippen LogP contribution in [0.5, 0.6) is 0 Å². The van der Waals surface area contributed by atoms with Gasteiger partial charge >= 0.3 is 0 Å². The molecule has 20 heavy (non-hydrogen) atoms. The molecule has 0 radical (unpaired) electrons. The monoisotopic (exact) mass is 394 g/mol. The summed E-state index contributed by atoms with van der Waals surface area (Å²) in [5.41, 5.74) is 7.57. The number of halogens is 2. The number of hydrogen-bond acceptors (Lipinski definition) is 3. The maximum Gasteiger partial charge on any atom is 0.266 e. The van der Waals surface area contributed by atoms with Crippen molar-refractivity contribution in [2.45, 2.75) is 0 Å². The molecule has 0 fully saturated rings. The Labute approximate surface area is 131 Å². The van der Waals surface area contributed by atoms with Gasteiger partial charge in [-0.3, -0.25) is 9.59 Å². The third kappa shape index (κ3) is 1.96. The fourth-order valence-corrected chi connectivity index (χ4v) is 2.83. The van der Waals surface area contributed by atoms with Gasteiger partial charge in [-0.1, -0.05) is 15.9 Å². The Morgan fingerprint density at radius 1 is 0.900 bits per heavy atom. The van der Waals surface area contributed by atoms with E-state index in [4.69, 9.17) is 5.73 Å². The lowest BCUT2D eigenvalue weighted by Gasteiger charge is -2.14. The number of carbonyl (C=O) groups excluding carboxylic acids is 2. The number of amides is 2. The van der Waals surface area contributed by atoms with E-state index in [0.29, 0.717) is 27.0 Å². The van der Waals surface area contributed by atoms with Gasteiger partial charge in [0.05, 0.1) is 16.8 Å². The predicted octanol–water partition coefficient (Wildman–Crippen LogP) is 3.59. The number of carbonyl (C=O) groups is 2. The zero-order valence-electron chi connectivity index (χ0n) is 10.1. The highest BCUT2D eigenvalue weighted by Crippen LogP contribution is 2.33. The molecule has 4 nitrogen and oxygen atoms in total. The van der Waals surface area contributed by atoms with Crippen LogP contribution in [0.25, 0.3) is 0 Å². The Morgan fingerprint density at radius 3 is 2.30 bits per heavy atom. The summed E-state index contributed by atoms with van der Waals surface area (Å²) >= 11 is 6.60. The van der Waals surface area contributed by atoms with Crippen molar-refractivity contribution in [3.8, 4) is 0 Å². The molecule has 2 aromatic rings. The standard InChI is InChI=1S/C14H8Br2N2O2/c15-7-1-3-9-10(5-7)14(20)18(13(9)19)8-2-4-12(17)11(16)6-8/h1-6H,17H2. The van der Waals surface area contributed by atoms with Gasteiger partial charge in [0.1, 0.15) is 0 Å². The molecule has 3 rings (SSSR count). The second-order valence-electron chi connectivity index (χ2n) is 4.34. The Kier molecular flexibility index (Phi) is 3.14. The van der Waals surface area contributed by atoms with Crippen LogP contribution in [0.4, 0.5) is 11.4 Å². The van der Waals surface area contributed by atoms with Crippen molar-refractivity contribution in [2.75, 3.05) is 10.6 Å². The molecular formula is C14H8Br2N2O2. The summed E-state index contributed by atoms with van der Waals surface area (Å²) in [7, 11) is 0. The molecule has 0 unspecified atom stereocenters. The van der Waals surface area contributed by atoms with Crippen molar-refractivity contribution >= 4 is 55.0 Å². The topological polar surface area (TPSA) is 63.4 Å². The Hall–Kier alpha value is -1.66. The maximum atomic E-state index is 12.4. The average molecular weight is 396 g/mol. The van der Waals surface area contributed by atoms with Crippen LogP contribution in [0.1, 0.15) is 20.7 Å². The van der Waals surface area contributed by atoms with Crippen LogP contribution in [0, 0.1) is 0 Å². The van der Waals surface area contributed by atoms with E-state index in [1.165, 1.54) is 0 Å². The molecule has 2 aromatic carbocycles. The van der Waals surface area contributed by atoms with Crippen LogP contribution in [0.2, 0.25) is 0 Å². The van der Waals surface area contributed by atoms with Gasteiger partial charge < -0.3 is 5.73 Å². The van der Waals surface area contributed by atoms with Crippen LogP contribution in [-0.2, 0) is 0 Å². The van der Waals surface area contributed by atoms with E-state index in [1.54, 1.807) is 36.4 Å². The quantitative estimate of drug-likeness (QED) is 0.592. The molecule has 1 aliphatic heterocycles. The van der Waals surface area contributed by atoms with E-state index in [-0.39, 0.29) is 11.8 Å². The van der Waals surface area contributed by atoms with Gasteiger partial charge in [0.15, 0.2) is 0 Å². The van der Waals surface area contributed by atoms with Crippen molar-refractivity contribution in [1.82, 2.24) is 0 Å². The summed E-state index contributed by atoms with van der Waals surface area (Å²) in [6.45, 7) is 0. The molecule has 0 spiro atoms. The smallest absolute Gasteiger partial charge is 0.266 e. The number of nitrogens with zero attached hydrogens (tertiary/aromatic N) is 1. The fourth-order valence-electron chi connectivity index (χ4n) is 2.10. The molecule has 1 heterocycles. The summed E-state index contributed by atoms with van der Waals surface area (Å²) in [5.74, 6) is -0.655. The number of imide groups is 1. The predicted molar refractivity (Wildman–Crippen MR) is 83.8 cm³/mol. The molecule has 2 N–H and O–H groups in total. The summed E-state index contributed by atoms with van der Waals surface area (Å²) < 4.78 is 1.41. The largest absolute Gasteiger partial charge is 0.398 e. The van der Waals surface area contributed by atoms with Crippen molar-refractivity contribution in [2.24, 2.45) is 0 Å². The molecule has 0 bridgehead atoms. The molecular weight excluding hydrogens is 388 g/mol. The lowest BCUT2D eigenvalue weighted by molar-refractivity contribution is 0.0926. The highest BCUT2D eigenvalue weighted by atomic mass is 79.9. The van der Waals surface area contributed by atoms with Gasteiger partial charge in [-0.05, 0) is 52.3 Å². The second-order valence-corrected chi connectivity index (χ2v) is 6.11. The van der Waals surface area contributed by atoms with Crippen molar-refractivity contribution in [3.63, 3.8) is 0 Å². The van der Waals surface area contributed by atoms with Gasteiger partial charge in [0, 0.05) is 14.6 Å². The molecule has 100 valence electrons. The number of hydrogen-bond donors (Lipinski definition) is 1. The normalized spacial score (nSPS) is 13.8.